The van der Waals surface area contributed by atoms with E-state index < -0.39 is 0 Å². The van der Waals surface area contributed by atoms with Crippen LogP contribution in [0.15, 0.2) is 18.2 Å². The van der Waals surface area contributed by atoms with E-state index in [1.165, 1.54) is 6.07 Å². The van der Waals surface area contributed by atoms with Gasteiger partial charge in [-0.05, 0) is 44.1 Å². The molecule has 0 aliphatic rings. The lowest BCUT2D eigenvalue weighted by Crippen LogP contribution is -2.35. The third kappa shape index (κ3) is 5.83. The lowest BCUT2D eigenvalue weighted by molar-refractivity contribution is -0.122. The first-order chi connectivity index (χ1) is 9.02. The Hall–Kier alpha value is -1.42. The van der Waals surface area contributed by atoms with Crippen molar-refractivity contribution < 1.29 is 9.18 Å². The van der Waals surface area contributed by atoms with Gasteiger partial charge in [0.1, 0.15) is 5.82 Å². The van der Waals surface area contributed by atoms with E-state index in [9.17, 15) is 9.18 Å². The number of nitrogens with zero attached hydrogens (tertiary/aromatic N) is 1. The molecular weight excluding hydrogens is 243 g/mol. The average molecular weight is 266 g/mol. The molecule has 1 amide bonds. The third-order valence-corrected chi connectivity index (χ3v) is 3.02. The number of hydrogen-bond acceptors (Lipinski definition) is 2. The summed E-state index contributed by atoms with van der Waals surface area (Å²) in [7, 11) is 1.94. The summed E-state index contributed by atoms with van der Waals surface area (Å²) in [5.41, 5.74) is 1.52. The summed E-state index contributed by atoms with van der Waals surface area (Å²) in [6, 6.07) is 4.89. The number of rotatable bonds is 7. The van der Waals surface area contributed by atoms with Crippen LogP contribution in [0.5, 0.6) is 0 Å². The van der Waals surface area contributed by atoms with Crippen LogP contribution in [0.2, 0.25) is 0 Å². The molecule has 0 saturated carbocycles. The van der Waals surface area contributed by atoms with Gasteiger partial charge in [-0.15, -0.1) is 0 Å². The molecule has 0 saturated heterocycles. The maximum Gasteiger partial charge on any atom is 0.234 e. The highest BCUT2D eigenvalue weighted by atomic mass is 19.1. The topological polar surface area (TPSA) is 32.3 Å². The quantitative estimate of drug-likeness (QED) is 0.822. The molecule has 0 atom stereocenters. The monoisotopic (exact) mass is 266 g/mol. The van der Waals surface area contributed by atoms with Gasteiger partial charge in [-0.3, -0.25) is 9.69 Å². The predicted molar refractivity (Wildman–Crippen MR) is 75.4 cm³/mol. The third-order valence-electron chi connectivity index (χ3n) is 3.02. The highest BCUT2D eigenvalue weighted by molar-refractivity contribution is 5.77. The van der Waals surface area contributed by atoms with Gasteiger partial charge in [-0.1, -0.05) is 25.5 Å². The van der Waals surface area contributed by atoms with Gasteiger partial charge in [-0.25, -0.2) is 4.39 Å². The molecule has 3 nitrogen and oxygen atoms in total. The normalized spacial score (nSPS) is 10.8. The molecule has 0 fully saturated rings. The van der Waals surface area contributed by atoms with E-state index in [1.54, 1.807) is 19.1 Å². The van der Waals surface area contributed by atoms with E-state index in [0.717, 1.165) is 24.9 Å². The van der Waals surface area contributed by atoms with Gasteiger partial charge < -0.3 is 5.32 Å². The summed E-state index contributed by atoms with van der Waals surface area (Å²) in [4.78, 5) is 13.7. The Morgan fingerprint density at radius 1 is 1.42 bits per heavy atom. The molecule has 1 aromatic carbocycles. The largest absolute Gasteiger partial charge is 0.351 e. The van der Waals surface area contributed by atoms with Crippen LogP contribution in [0, 0.1) is 12.7 Å². The molecule has 1 N–H and O–H groups in total. The van der Waals surface area contributed by atoms with Crippen molar-refractivity contribution in [2.45, 2.75) is 33.2 Å². The number of benzene rings is 1. The van der Waals surface area contributed by atoms with E-state index >= 15 is 0 Å². The van der Waals surface area contributed by atoms with Crippen LogP contribution >= 0.6 is 0 Å². The molecule has 0 aliphatic heterocycles. The zero-order valence-electron chi connectivity index (χ0n) is 12.0. The predicted octanol–water partition coefficient (Wildman–Crippen LogP) is 2.48. The fraction of sp³-hybridized carbons (Fsp3) is 0.533. The van der Waals surface area contributed by atoms with Crippen LogP contribution in [-0.4, -0.2) is 30.9 Å². The SMILES string of the molecule is CCCCN(C)CC(=O)NCc1ccc(F)c(C)c1. The minimum absolute atomic E-state index is 0.000538. The van der Waals surface area contributed by atoms with Gasteiger partial charge in [0.15, 0.2) is 0 Å². The number of carbonyl (C=O) groups is 1. The number of likely N-dealkylation sites (N-methyl/N-ethyl adjacent to an activating group) is 1. The second-order valence-corrected chi connectivity index (χ2v) is 4.95. The standard InChI is InChI=1S/C15H23FN2O/c1-4-5-8-18(3)11-15(19)17-10-13-6-7-14(16)12(2)9-13/h6-7,9H,4-5,8,10-11H2,1-3H3,(H,17,19). The summed E-state index contributed by atoms with van der Waals surface area (Å²) in [5, 5.41) is 2.85. The zero-order chi connectivity index (χ0) is 14.3. The molecule has 0 spiro atoms. The van der Waals surface area contributed by atoms with Crippen LogP contribution in [0.25, 0.3) is 0 Å². The van der Waals surface area contributed by atoms with E-state index in [-0.39, 0.29) is 11.7 Å². The Morgan fingerprint density at radius 3 is 2.79 bits per heavy atom. The number of amides is 1. The Balaban J connectivity index is 2.35. The van der Waals surface area contributed by atoms with Gasteiger partial charge >= 0.3 is 0 Å². The van der Waals surface area contributed by atoms with Gasteiger partial charge in [0.2, 0.25) is 5.91 Å². The Bertz CT molecular complexity index is 421. The van der Waals surface area contributed by atoms with Crippen LogP contribution < -0.4 is 5.32 Å². The first-order valence-electron chi connectivity index (χ1n) is 6.73. The smallest absolute Gasteiger partial charge is 0.234 e. The van der Waals surface area contributed by atoms with Crippen LogP contribution in [-0.2, 0) is 11.3 Å². The summed E-state index contributed by atoms with van der Waals surface area (Å²) in [5.74, 6) is -0.213. The van der Waals surface area contributed by atoms with Crippen molar-refractivity contribution in [2.24, 2.45) is 0 Å². The van der Waals surface area contributed by atoms with Crippen LogP contribution in [0.1, 0.15) is 30.9 Å². The first-order valence-corrected chi connectivity index (χ1v) is 6.73. The minimum atomic E-state index is -0.214. The van der Waals surface area contributed by atoms with Gasteiger partial charge in [0.25, 0.3) is 0 Å². The molecule has 0 unspecified atom stereocenters. The fourth-order valence-electron chi connectivity index (χ4n) is 1.83. The Labute approximate surface area is 114 Å². The van der Waals surface area contributed by atoms with Crippen molar-refractivity contribution in [2.75, 3.05) is 20.1 Å². The number of unbranched alkanes of at least 4 members (excludes halogenated alkanes) is 1. The van der Waals surface area contributed by atoms with E-state index in [1.807, 2.05) is 11.9 Å². The molecule has 0 bridgehead atoms. The number of nitrogens with one attached hydrogen (secondary N) is 1. The lowest BCUT2D eigenvalue weighted by atomic mass is 10.1. The van der Waals surface area contributed by atoms with E-state index in [4.69, 9.17) is 0 Å². The fourth-order valence-corrected chi connectivity index (χ4v) is 1.83. The molecule has 19 heavy (non-hydrogen) atoms. The summed E-state index contributed by atoms with van der Waals surface area (Å²) >= 11 is 0. The van der Waals surface area contributed by atoms with Crippen molar-refractivity contribution in [3.63, 3.8) is 0 Å². The molecular formula is C15H23FN2O. The molecule has 4 heteroatoms. The molecule has 1 rings (SSSR count). The number of halogens is 1. The average Bonchev–Trinajstić information content (AvgIpc) is 2.38. The van der Waals surface area contributed by atoms with Crippen molar-refractivity contribution >= 4 is 5.91 Å². The first kappa shape index (κ1) is 15.6. The minimum Gasteiger partial charge on any atom is -0.351 e. The van der Waals surface area contributed by atoms with Crippen LogP contribution in [0.3, 0.4) is 0 Å². The van der Waals surface area contributed by atoms with Crippen molar-refractivity contribution in [3.8, 4) is 0 Å². The molecule has 0 radical (unpaired) electrons. The van der Waals surface area contributed by atoms with E-state index in [2.05, 4.69) is 12.2 Å². The second-order valence-electron chi connectivity index (χ2n) is 4.95. The lowest BCUT2D eigenvalue weighted by Gasteiger charge is -2.15. The molecule has 0 aromatic heterocycles. The molecule has 1 aromatic rings. The zero-order valence-corrected chi connectivity index (χ0v) is 12.0. The molecule has 106 valence electrons. The Morgan fingerprint density at radius 2 is 2.16 bits per heavy atom. The summed E-state index contributed by atoms with van der Waals surface area (Å²) in [6.45, 7) is 5.63. The number of hydrogen-bond donors (Lipinski definition) is 1. The molecule has 0 heterocycles. The summed E-state index contributed by atoms with van der Waals surface area (Å²) in [6.07, 6.45) is 2.22. The maximum atomic E-state index is 13.1. The van der Waals surface area contributed by atoms with E-state index in [0.29, 0.717) is 18.7 Å². The van der Waals surface area contributed by atoms with Crippen LogP contribution in [0.4, 0.5) is 4.39 Å². The second kappa shape index (κ2) is 7.89. The number of carbonyl (C=O) groups excluding carboxylic acids is 1. The van der Waals surface area contributed by atoms with Crippen molar-refractivity contribution in [1.29, 1.82) is 0 Å². The maximum absolute atomic E-state index is 13.1. The molecule has 0 aliphatic carbocycles. The highest BCUT2D eigenvalue weighted by Crippen LogP contribution is 2.08. The van der Waals surface area contributed by atoms with Gasteiger partial charge in [0.05, 0.1) is 6.54 Å². The van der Waals surface area contributed by atoms with Gasteiger partial charge in [0, 0.05) is 6.54 Å². The van der Waals surface area contributed by atoms with Gasteiger partial charge in [-0.2, -0.15) is 0 Å². The number of aryl methyl sites for hydroxylation is 1. The Kier molecular flexibility index (Phi) is 6.50. The highest BCUT2D eigenvalue weighted by Gasteiger charge is 2.06. The van der Waals surface area contributed by atoms with Crippen molar-refractivity contribution in [3.05, 3.63) is 35.1 Å². The summed E-state index contributed by atoms with van der Waals surface area (Å²) < 4.78 is 13.1. The van der Waals surface area contributed by atoms with Crippen molar-refractivity contribution in [1.82, 2.24) is 10.2 Å².